The monoisotopic (exact) mass is 380 g/mol. The van der Waals surface area contributed by atoms with Crippen molar-refractivity contribution in [2.45, 2.75) is 0 Å². The highest BCUT2D eigenvalue weighted by Crippen LogP contribution is 2.12. The summed E-state index contributed by atoms with van der Waals surface area (Å²) in [6, 6.07) is 11.1. The third-order valence-corrected chi connectivity index (χ3v) is 3.62. The minimum atomic E-state index is -0.682. The quantitative estimate of drug-likeness (QED) is 0.649. The Hall–Kier alpha value is -4.01. The molecule has 0 saturated carbocycles. The van der Waals surface area contributed by atoms with Crippen LogP contribution in [-0.2, 0) is 14.3 Å². The number of nitrogens with one attached hydrogen (secondary N) is 1. The van der Waals surface area contributed by atoms with Gasteiger partial charge in [-0.2, -0.15) is 5.10 Å². The number of hydrogen-bond acceptors (Lipinski definition) is 7. The van der Waals surface area contributed by atoms with Crippen molar-refractivity contribution in [1.82, 2.24) is 14.8 Å². The fraction of sp³-hybridized carbons (Fsp3) is 0.105. The number of hydrogen-bond donors (Lipinski definition) is 1. The van der Waals surface area contributed by atoms with E-state index in [1.54, 1.807) is 47.4 Å². The molecule has 0 spiro atoms. The molecular weight excluding hydrogens is 364 g/mol. The normalized spacial score (nSPS) is 10.2. The molecule has 28 heavy (non-hydrogen) atoms. The van der Waals surface area contributed by atoms with Gasteiger partial charge in [0, 0.05) is 24.3 Å². The lowest BCUT2D eigenvalue weighted by atomic mass is 10.2. The largest absolute Gasteiger partial charge is 0.465 e. The Balaban J connectivity index is 1.54. The van der Waals surface area contributed by atoms with Crippen LogP contribution in [0.4, 0.5) is 5.69 Å². The number of benzene rings is 1. The first-order valence-corrected chi connectivity index (χ1v) is 8.18. The SMILES string of the molecule is COC(=O)c1cccc(NC(=O)COC(=O)c2ccc(-n3cccn3)nc2)c1. The topological polar surface area (TPSA) is 112 Å². The van der Waals surface area contributed by atoms with E-state index in [0.29, 0.717) is 17.1 Å². The fourth-order valence-corrected chi connectivity index (χ4v) is 2.30. The first-order chi connectivity index (χ1) is 13.6. The zero-order valence-corrected chi connectivity index (χ0v) is 14.9. The highest BCUT2D eigenvalue weighted by atomic mass is 16.5. The number of ether oxygens (including phenoxy) is 2. The lowest BCUT2D eigenvalue weighted by molar-refractivity contribution is -0.119. The Morgan fingerprint density at radius 2 is 1.93 bits per heavy atom. The molecule has 2 aromatic heterocycles. The minimum Gasteiger partial charge on any atom is -0.465 e. The van der Waals surface area contributed by atoms with Gasteiger partial charge in [-0.25, -0.2) is 19.3 Å². The molecular formula is C19H16N4O5. The summed E-state index contributed by atoms with van der Waals surface area (Å²) in [5.41, 5.74) is 0.881. The number of anilines is 1. The Kier molecular flexibility index (Phi) is 5.75. The van der Waals surface area contributed by atoms with Crippen molar-refractivity contribution in [3.8, 4) is 5.82 Å². The van der Waals surface area contributed by atoms with E-state index in [2.05, 4.69) is 20.1 Å². The Morgan fingerprint density at radius 3 is 2.61 bits per heavy atom. The maximum Gasteiger partial charge on any atom is 0.340 e. The van der Waals surface area contributed by atoms with Crippen LogP contribution in [0.3, 0.4) is 0 Å². The summed E-state index contributed by atoms with van der Waals surface area (Å²) in [4.78, 5) is 39.7. The molecule has 1 N–H and O–H groups in total. The number of carbonyl (C=O) groups excluding carboxylic acids is 3. The Morgan fingerprint density at radius 1 is 1.07 bits per heavy atom. The van der Waals surface area contributed by atoms with E-state index in [1.807, 2.05) is 0 Å². The van der Waals surface area contributed by atoms with Crippen molar-refractivity contribution in [2.75, 3.05) is 19.0 Å². The molecule has 0 radical (unpaired) electrons. The number of nitrogens with zero attached hydrogens (tertiary/aromatic N) is 3. The lowest BCUT2D eigenvalue weighted by Gasteiger charge is -2.08. The Labute approximate surface area is 159 Å². The summed E-state index contributed by atoms with van der Waals surface area (Å²) in [5, 5.41) is 6.58. The number of aromatic nitrogens is 3. The molecule has 1 amide bonds. The third-order valence-electron chi connectivity index (χ3n) is 3.62. The molecule has 9 nitrogen and oxygen atoms in total. The van der Waals surface area contributed by atoms with Crippen molar-refractivity contribution >= 4 is 23.5 Å². The summed E-state index contributed by atoms with van der Waals surface area (Å²) in [7, 11) is 1.27. The number of pyridine rings is 1. The molecule has 0 aliphatic heterocycles. The van der Waals surface area contributed by atoms with Gasteiger partial charge >= 0.3 is 11.9 Å². The van der Waals surface area contributed by atoms with E-state index < -0.39 is 24.5 Å². The zero-order chi connectivity index (χ0) is 19.9. The van der Waals surface area contributed by atoms with Gasteiger partial charge < -0.3 is 14.8 Å². The van der Waals surface area contributed by atoms with Crippen LogP contribution in [-0.4, -0.2) is 46.3 Å². The molecule has 2 heterocycles. The van der Waals surface area contributed by atoms with Crippen molar-refractivity contribution in [2.24, 2.45) is 0 Å². The van der Waals surface area contributed by atoms with Gasteiger partial charge in [-0.3, -0.25) is 4.79 Å². The smallest absolute Gasteiger partial charge is 0.340 e. The maximum absolute atomic E-state index is 12.1. The van der Waals surface area contributed by atoms with Gasteiger partial charge in [-0.15, -0.1) is 0 Å². The predicted octanol–water partition coefficient (Wildman–Crippen LogP) is 1.85. The van der Waals surface area contributed by atoms with Crippen LogP contribution >= 0.6 is 0 Å². The predicted molar refractivity (Wildman–Crippen MR) is 98.1 cm³/mol. The van der Waals surface area contributed by atoms with Gasteiger partial charge in [0.2, 0.25) is 0 Å². The van der Waals surface area contributed by atoms with E-state index >= 15 is 0 Å². The number of rotatable bonds is 6. The van der Waals surface area contributed by atoms with Crippen LogP contribution in [0.2, 0.25) is 0 Å². The standard InChI is InChI=1S/C19H16N4O5/c1-27-18(25)13-4-2-5-15(10-13)22-17(24)12-28-19(26)14-6-7-16(20-11-14)23-9-3-8-21-23/h2-11H,12H2,1H3,(H,22,24). The van der Waals surface area contributed by atoms with Crippen molar-refractivity contribution < 1.29 is 23.9 Å². The fourth-order valence-electron chi connectivity index (χ4n) is 2.30. The minimum absolute atomic E-state index is 0.205. The van der Waals surface area contributed by atoms with Gasteiger partial charge in [-0.05, 0) is 36.4 Å². The summed E-state index contributed by atoms with van der Waals surface area (Å²) < 4.78 is 11.2. The molecule has 0 saturated heterocycles. The number of esters is 2. The average Bonchev–Trinajstić information content (AvgIpc) is 3.26. The summed E-state index contributed by atoms with van der Waals surface area (Å²) in [6.07, 6.45) is 4.68. The number of amides is 1. The van der Waals surface area contributed by atoms with E-state index in [0.717, 1.165) is 0 Å². The molecule has 0 fully saturated rings. The van der Waals surface area contributed by atoms with Crippen LogP contribution in [0.1, 0.15) is 20.7 Å². The highest BCUT2D eigenvalue weighted by Gasteiger charge is 2.12. The Bertz CT molecular complexity index is 984. The molecule has 1 aromatic carbocycles. The first-order valence-electron chi connectivity index (χ1n) is 8.18. The molecule has 0 aliphatic carbocycles. The third kappa shape index (κ3) is 4.58. The van der Waals surface area contributed by atoms with Crippen molar-refractivity contribution in [3.63, 3.8) is 0 Å². The molecule has 3 rings (SSSR count). The van der Waals surface area contributed by atoms with Crippen LogP contribution < -0.4 is 5.32 Å². The lowest BCUT2D eigenvalue weighted by Crippen LogP contribution is -2.21. The van der Waals surface area contributed by atoms with Crippen LogP contribution in [0.25, 0.3) is 5.82 Å². The van der Waals surface area contributed by atoms with Crippen molar-refractivity contribution in [3.05, 3.63) is 72.2 Å². The van der Waals surface area contributed by atoms with Gasteiger partial charge in [0.05, 0.1) is 18.2 Å². The van der Waals surface area contributed by atoms with Gasteiger partial charge in [0.25, 0.3) is 5.91 Å². The van der Waals surface area contributed by atoms with E-state index in [-0.39, 0.29) is 5.56 Å². The average molecular weight is 380 g/mol. The molecule has 3 aromatic rings. The zero-order valence-electron chi connectivity index (χ0n) is 14.9. The van der Waals surface area contributed by atoms with Gasteiger partial charge in [-0.1, -0.05) is 6.07 Å². The van der Waals surface area contributed by atoms with E-state index in [9.17, 15) is 14.4 Å². The second-order valence-electron chi connectivity index (χ2n) is 5.55. The molecule has 0 bridgehead atoms. The molecule has 0 aliphatic rings. The molecule has 9 heteroatoms. The molecule has 0 unspecified atom stereocenters. The van der Waals surface area contributed by atoms with Crippen molar-refractivity contribution in [1.29, 1.82) is 0 Å². The summed E-state index contributed by atoms with van der Waals surface area (Å²) in [6.45, 7) is -0.484. The van der Waals surface area contributed by atoms with E-state index in [1.165, 1.54) is 25.4 Å². The van der Waals surface area contributed by atoms with E-state index in [4.69, 9.17) is 4.74 Å². The van der Waals surface area contributed by atoms with Gasteiger partial charge in [0.15, 0.2) is 12.4 Å². The second-order valence-corrected chi connectivity index (χ2v) is 5.55. The summed E-state index contributed by atoms with van der Waals surface area (Å²) in [5.74, 6) is -1.20. The summed E-state index contributed by atoms with van der Waals surface area (Å²) >= 11 is 0. The molecule has 142 valence electrons. The molecule has 0 atom stereocenters. The van der Waals surface area contributed by atoms with Crippen LogP contribution in [0.5, 0.6) is 0 Å². The van der Waals surface area contributed by atoms with Crippen LogP contribution in [0.15, 0.2) is 61.1 Å². The van der Waals surface area contributed by atoms with Gasteiger partial charge in [0.1, 0.15) is 0 Å². The maximum atomic E-state index is 12.1. The van der Waals surface area contributed by atoms with Crippen LogP contribution in [0, 0.1) is 0 Å². The first kappa shape index (κ1) is 18.8. The second kappa shape index (κ2) is 8.58. The number of methoxy groups -OCH3 is 1. The highest BCUT2D eigenvalue weighted by molar-refractivity contribution is 5.97. The number of carbonyl (C=O) groups is 3.